The maximum atomic E-state index is 11.3. The largest absolute Gasteiger partial charge is 0.491 e. The van der Waals surface area contributed by atoms with Gasteiger partial charge in [0.25, 0.3) is 0 Å². The molecule has 2 N–H and O–H groups in total. The number of anilines is 1. The molecule has 0 bridgehead atoms. The van der Waals surface area contributed by atoms with Crippen LogP contribution in [0.3, 0.4) is 0 Å². The van der Waals surface area contributed by atoms with Gasteiger partial charge in [-0.2, -0.15) is 0 Å². The number of nitrogens with one attached hydrogen (secondary N) is 2. The Morgan fingerprint density at radius 3 is 2.79 bits per heavy atom. The van der Waals surface area contributed by atoms with Crippen molar-refractivity contribution in [3.63, 3.8) is 0 Å². The normalized spacial score (nSPS) is 9.79. The molecule has 2 amide bonds. The second-order valence-electron chi connectivity index (χ2n) is 3.53. The van der Waals surface area contributed by atoms with Crippen molar-refractivity contribution in [2.75, 3.05) is 19.5 Å². The fourth-order valence-corrected chi connectivity index (χ4v) is 1.40. The summed E-state index contributed by atoms with van der Waals surface area (Å²) in [5, 5.41) is 5.01. The number of nitrogens with zero attached hydrogens (tertiary/aromatic N) is 3. The highest BCUT2D eigenvalue weighted by Gasteiger charge is 2.11. The molecule has 7 heteroatoms. The lowest BCUT2D eigenvalue weighted by Gasteiger charge is -2.09. The van der Waals surface area contributed by atoms with Crippen molar-refractivity contribution in [3.05, 3.63) is 30.6 Å². The molecule has 0 aliphatic carbocycles. The van der Waals surface area contributed by atoms with Gasteiger partial charge >= 0.3 is 6.03 Å². The number of amides is 2. The van der Waals surface area contributed by atoms with Crippen molar-refractivity contribution in [2.45, 2.75) is 0 Å². The highest BCUT2D eigenvalue weighted by atomic mass is 16.5. The van der Waals surface area contributed by atoms with Crippen LogP contribution in [0.4, 0.5) is 10.6 Å². The molecule has 2 aromatic rings. The predicted octanol–water partition coefficient (Wildman–Crippen LogP) is 1.30. The molecule has 0 aliphatic heterocycles. The zero-order chi connectivity index (χ0) is 13.7. The molecule has 0 spiro atoms. The summed E-state index contributed by atoms with van der Waals surface area (Å²) in [5.74, 6) is 1.08. The number of methoxy groups -OCH3 is 1. The first-order valence-electron chi connectivity index (χ1n) is 5.55. The molecular formula is C12H13N5O2. The Labute approximate surface area is 110 Å². The van der Waals surface area contributed by atoms with Crippen molar-refractivity contribution in [1.29, 1.82) is 0 Å². The van der Waals surface area contributed by atoms with E-state index in [1.165, 1.54) is 20.4 Å². The van der Waals surface area contributed by atoms with Gasteiger partial charge in [0.05, 0.1) is 13.3 Å². The van der Waals surface area contributed by atoms with E-state index < -0.39 is 0 Å². The summed E-state index contributed by atoms with van der Waals surface area (Å²) in [6.45, 7) is 0. The fourth-order valence-electron chi connectivity index (χ4n) is 1.40. The van der Waals surface area contributed by atoms with E-state index in [9.17, 15) is 4.79 Å². The average Bonchev–Trinajstić information content (AvgIpc) is 2.48. The van der Waals surface area contributed by atoms with Crippen LogP contribution < -0.4 is 15.4 Å². The number of hydrogen-bond acceptors (Lipinski definition) is 5. The highest BCUT2D eigenvalue weighted by molar-refractivity contribution is 5.89. The Kier molecular flexibility index (Phi) is 3.87. The molecule has 98 valence electrons. The van der Waals surface area contributed by atoms with Gasteiger partial charge < -0.3 is 10.1 Å². The molecule has 0 saturated heterocycles. The minimum atomic E-state index is -0.385. The second-order valence-corrected chi connectivity index (χ2v) is 3.53. The molecule has 0 saturated carbocycles. The van der Waals surface area contributed by atoms with Gasteiger partial charge in [0.1, 0.15) is 5.69 Å². The van der Waals surface area contributed by atoms with Gasteiger partial charge in [-0.3, -0.25) is 10.3 Å². The lowest BCUT2D eigenvalue weighted by molar-refractivity contribution is 0.253. The lowest BCUT2D eigenvalue weighted by Crippen LogP contribution is -2.25. The molecule has 19 heavy (non-hydrogen) atoms. The van der Waals surface area contributed by atoms with Crippen molar-refractivity contribution >= 4 is 11.8 Å². The van der Waals surface area contributed by atoms with Crippen LogP contribution >= 0.6 is 0 Å². The van der Waals surface area contributed by atoms with Crippen LogP contribution in [0, 0.1) is 0 Å². The summed E-state index contributed by atoms with van der Waals surface area (Å²) in [6, 6.07) is 5.04. The van der Waals surface area contributed by atoms with Crippen LogP contribution in [0.1, 0.15) is 0 Å². The summed E-state index contributed by atoms with van der Waals surface area (Å²) >= 11 is 0. The highest BCUT2D eigenvalue weighted by Crippen LogP contribution is 2.23. The van der Waals surface area contributed by atoms with Crippen molar-refractivity contribution in [3.8, 4) is 17.3 Å². The number of aromatic nitrogens is 3. The number of hydrogen-bond donors (Lipinski definition) is 2. The van der Waals surface area contributed by atoms with Gasteiger partial charge in [0.15, 0.2) is 17.4 Å². The van der Waals surface area contributed by atoms with Crippen molar-refractivity contribution < 1.29 is 9.53 Å². The third-order valence-electron chi connectivity index (χ3n) is 2.33. The fraction of sp³-hybridized carbons (Fsp3) is 0.167. The van der Waals surface area contributed by atoms with Gasteiger partial charge in [-0.1, -0.05) is 6.07 Å². The Morgan fingerprint density at radius 1 is 1.32 bits per heavy atom. The Balaban J connectivity index is 2.38. The van der Waals surface area contributed by atoms with Crippen LogP contribution in [-0.4, -0.2) is 35.1 Å². The Bertz CT molecular complexity index is 574. The molecule has 0 unspecified atom stereocenters. The lowest BCUT2D eigenvalue weighted by atomic mass is 10.3. The van der Waals surface area contributed by atoms with Crippen LogP contribution in [-0.2, 0) is 0 Å². The predicted molar refractivity (Wildman–Crippen MR) is 69.9 cm³/mol. The average molecular weight is 259 g/mol. The molecule has 0 aromatic carbocycles. The minimum absolute atomic E-state index is 0.289. The summed E-state index contributed by atoms with van der Waals surface area (Å²) in [6.07, 6.45) is 3.14. The third-order valence-corrected chi connectivity index (χ3v) is 2.33. The van der Waals surface area contributed by atoms with E-state index in [0.717, 1.165) is 0 Å². The maximum Gasteiger partial charge on any atom is 0.320 e. The standard InChI is InChI=1S/C12H13N5O2/c1-13-12(18)17-11-9(19-2)7-15-10(16-11)8-5-3-4-6-14-8/h3-7H,1-2H3,(H2,13,15,16,17,18). The number of ether oxygens (including phenoxy) is 1. The Hall–Kier alpha value is -2.70. The van der Waals surface area contributed by atoms with Crippen LogP contribution in [0.25, 0.3) is 11.5 Å². The zero-order valence-corrected chi connectivity index (χ0v) is 10.5. The molecule has 2 rings (SSSR count). The van der Waals surface area contributed by atoms with E-state index in [-0.39, 0.29) is 11.8 Å². The third kappa shape index (κ3) is 2.95. The molecule has 2 heterocycles. The smallest absolute Gasteiger partial charge is 0.320 e. The SMILES string of the molecule is CNC(=O)Nc1nc(-c2ccccn2)ncc1OC. The molecule has 0 atom stereocenters. The molecule has 7 nitrogen and oxygen atoms in total. The quantitative estimate of drug-likeness (QED) is 0.867. The summed E-state index contributed by atoms with van der Waals surface area (Å²) in [7, 11) is 3.00. The maximum absolute atomic E-state index is 11.3. The van der Waals surface area contributed by atoms with E-state index in [0.29, 0.717) is 17.3 Å². The molecule has 0 radical (unpaired) electrons. The van der Waals surface area contributed by atoms with Crippen molar-refractivity contribution in [2.24, 2.45) is 0 Å². The number of urea groups is 1. The van der Waals surface area contributed by atoms with E-state index in [1.54, 1.807) is 18.3 Å². The van der Waals surface area contributed by atoms with Crippen LogP contribution in [0.5, 0.6) is 5.75 Å². The summed E-state index contributed by atoms with van der Waals surface area (Å²) < 4.78 is 5.09. The first-order valence-corrected chi connectivity index (χ1v) is 5.55. The molecule has 2 aromatic heterocycles. The summed E-state index contributed by atoms with van der Waals surface area (Å²) in [4.78, 5) is 23.9. The van der Waals surface area contributed by atoms with Gasteiger partial charge in [-0.25, -0.2) is 14.8 Å². The number of pyridine rings is 1. The van der Waals surface area contributed by atoms with E-state index in [4.69, 9.17) is 4.74 Å². The van der Waals surface area contributed by atoms with E-state index in [1.807, 2.05) is 6.07 Å². The summed E-state index contributed by atoms with van der Waals surface area (Å²) in [5.41, 5.74) is 0.616. The molecule has 0 fully saturated rings. The first-order chi connectivity index (χ1) is 9.24. The van der Waals surface area contributed by atoms with Gasteiger partial charge in [-0.05, 0) is 12.1 Å². The van der Waals surface area contributed by atoms with Gasteiger partial charge in [0.2, 0.25) is 0 Å². The Morgan fingerprint density at radius 2 is 2.16 bits per heavy atom. The zero-order valence-electron chi connectivity index (χ0n) is 10.5. The number of carbonyl (C=O) groups excluding carboxylic acids is 1. The van der Waals surface area contributed by atoms with Gasteiger partial charge in [-0.15, -0.1) is 0 Å². The van der Waals surface area contributed by atoms with E-state index >= 15 is 0 Å². The topological polar surface area (TPSA) is 89.0 Å². The van der Waals surface area contributed by atoms with Crippen LogP contribution in [0.2, 0.25) is 0 Å². The molecule has 0 aliphatic rings. The number of carbonyl (C=O) groups is 1. The minimum Gasteiger partial charge on any atom is -0.491 e. The van der Waals surface area contributed by atoms with E-state index in [2.05, 4.69) is 25.6 Å². The molecular weight excluding hydrogens is 246 g/mol. The monoisotopic (exact) mass is 259 g/mol. The first kappa shape index (κ1) is 12.7. The number of rotatable bonds is 3. The van der Waals surface area contributed by atoms with Gasteiger partial charge in [0, 0.05) is 13.2 Å². The van der Waals surface area contributed by atoms with Crippen LogP contribution in [0.15, 0.2) is 30.6 Å². The van der Waals surface area contributed by atoms with Crippen molar-refractivity contribution in [1.82, 2.24) is 20.3 Å². The second kappa shape index (κ2) is 5.76.